The Hall–Kier alpha value is -1.64. The Morgan fingerprint density at radius 1 is 1.35 bits per heavy atom. The third kappa shape index (κ3) is 5.19. The number of carbonyl (C=O) groups is 2. The van der Waals surface area contributed by atoms with Gasteiger partial charge in [0.05, 0.1) is 22.6 Å². The summed E-state index contributed by atoms with van der Waals surface area (Å²) in [5.74, 6) is -1.97. The zero-order valence-electron chi connectivity index (χ0n) is 12.9. The smallest absolute Gasteiger partial charge is 0.339 e. The normalized spacial score (nSPS) is 12.9. The molecule has 0 saturated heterocycles. The van der Waals surface area contributed by atoms with Crippen LogP contribution in [0.3, 0.4) is 0 Å². The summed E-state index contributed by atoms with van der Waals surface area (Å²) in [5.41, 5.74) is 0.0186. The largest absolute Gasteiger partial charge is 0.480 e. The first-order valence-corrected chi connectivity index (χ1v) is 8.57. The van der Waals surface area contributed by atoms with Gasteiger partial charge in [0.2, 0.25) is 10.0 Å². The van der Waals surface area contributed by atoms with Gasteiger partial charge in [-0.3, -0.25) is 4.79 Å². The maximum atomic E-state index is 12.3. The highest BCUT2D eigenvalue weighted by Gasteiger charge is 2.27. The van der Waals surface area contributed by atoms with E-state index in [-0.39, 0.29) is 27.8 Å². The number of ether oxygens (including phenoxy) is 1. The van der Waals surface area contributed by atoms with Crippen molar-refractivity contribution < 1.29 is 27.9 Å². The molecule has 9 heteroatoms. The second-order valence-corrected chi connectivity index (χ2v) is 7.40. The van der Waals surface area contributed by atoms with Crippen molar-refractivity contribution in [2.24, 2.45) is 5.92 Å². The molecule has 0 aliphatic rings. The number of benzene rings is 1. The molecular weight excluding hydrogens is 346 g/mol. The minimum Gasteiger partial charge on any atom is -0.480 e. The zero-order valence-corrected chi connectivity index (χ0v) is 14.4. The van der Waals surface area contributed by atoms with Gasteiger partial charge >= 0.3 is 11.9 Å². The number of esters is 1. The minimum atomic E-state index is -4.09. The number of aliphatic carboxylic acids is 1. The van der Waals surface area contributed by atoms with Crippen LogP contribution in [-0.4, -0.2) is 38.6 Å². The molecule has 2 N–H and O–H groups in total. The topological polar surface area (TPSA) is 110 Å². The van der Waals surface area contributed by atoms with Crippen molar-refractivity contribution in [3.05, 3.63) is 28.8 Å². The van der Waals surface area contributed by atoms with Crippen molar-refractivity contribution in [2.75, 3.05) is 7.11 Å². The SMILES string of the molecule is COC(=O)c1ccc(S(=O)(=O)NC(CC(C)C)C(=O)O)cc1Cl. The Kier molecular flexibility index (Phi) is 6.55. The molecule has 7 nitrogen and oxygen atoms in total. The van der Waals surface area contributed by atoms with Crippen LogP contribution in [0.4, 0.5) is 0 Å². The molecule has 128 valence electrons. The summed E-state index contributed by atoms with van der Waals surface area (Å²) in [6.07, 6.45) is 0.141. The number of carbonyl (C=O) groups excluding carboxylic acids is 1. The average Bonchev–Trinajstić information content (AvgIpc) is 2.44. The molecular formula is C14H18ClNO6S. The average molecular weight is 364 g/mol. The third-order valence-corrected chi connectivity index (χ3v) is 4.74. The predicted octanol–water partition coefficient (Wildman–Crippen LogP) is 1.90. The molecule has 0 radical (unpaired) electrons. The van der Waals surface area contributed by atoms with Gasteiger partial charge in [0.15, 0.2) is 0 Å². The van der Waals surface area contributed by atoms with E-state index in [4.69, 9.17) is 16.7 Å². The quantitative estimate of drug-likeness (QED) is 0.716. The predicted molar refractivity (Wildman–Crippen MR) is 84.0 cm³/mol. The van der Waals surface area contributed by atoms with Crippen LogP contribution in [0.2, 0.25) is 5.02 Å². The van der Waals surface area contributed by atoms with Crippen LogP contribution in [0.15, 0.2) is 23.1 Å². The maximum absolute atomic E-state index is 12.3. The molecule has 0 heterocycles. The van der Waals surface area contributed by atoms with Crippen LogP contribution < -0.4 is 4.72 Å². The molecule has 1 rings (SSSR count). The number of rotatable bonds is 7. The molecule has 1 aromatic carbocycles. The highest BCUT2D eigenvalue weighted by Crippen LogP contribution is 2.22. The molecule has 0 fully saturated rings. The van der Waals surface area contributed by atoms with Crippen molar-refractivity contribution >= 4 is 33.6 Å². The van der Waals surface area contributed by atoms with E-state index in [1.54, 1.807) is 13.8 Å². The van der Waals surface area contributed by atoms with Gasteiger partial charge in [-0.2, -0.15) is 4.72 Å². The number of hydrogen-bond donors (Lipinski definition) is 2. The van der Waals surface area contributed by atoms with Crippen LogP contribution in [-0.2, 0) is 19.6 Å². The van der Waals surface area contributed by atoms with Crippen molar-refractivity contribution in [2.45, 2.75) is 31.2 Å². The Morgan fingerprint density at radius 3 is 2.39 bits per heavy atom. The summed E-state index contributed by atoms with van der Waals surface area (Å²) in [6, 6.07) is 2.19. The van der Waals surface area contributed by atoms with Gasteiger partial charge in [-0.15, -0.1) is 0 Å². The number of hydrogen-bond acceptors (Lipinski definition) is 5. The fourth-order valence-corrected chi connectivity index (χ4v) is 3.41. The van der Waals surface area contributed by atoms with Crippen molar-refractivity contribution in [3.63, 3.8) is 0 Å². The standard InChI is InChI=1S/C14H18ClNO6S/c1-8(2)6-12(13(17)18)16-23(20,21)9-4-5-10(11(15)7-9)14(19)22-3/h4-5,7-8,12,16H,6H2,1-3H3,(H,17,18). The van der Waals surface area contributed by atoms with Gasteiger partial charge in [-0.1, -0.05) is 25.4 Å². The summed E-state index contributed by atoms with van der Waals surface area (Å²) >= 11 is 5.88. The second kappa shape index (κ2) is 7.76. The molecule has 0 spiro atoms. The van der Waals surface area contributed by atoms with E-state index in [0.717, 1.165) is 12.1 Å². The molecule has 1 unspecified atom stereocenters. The molecule has 0 bridgehead atoms. The molecule has 0 aromatic heterocycles. The first-order valence-electron chi connectivity index (χ1n) is 6.71. The second-order valence-electron chi connectivity index (χ2n) is 5.27. The lowest BCUT2D eigenvalue weighted by atomic mass is 10.1. The van der Waals surface area contributed by atoms with Gasteiger partial charge in [0.1, 0.15) is 6.04 Å². The fraction of sp³-hybridized carbons (Fsp3) is 0.429. The highest BCUT2D eigenvalue weighted by atomic mass is 35.5. The number of nitrogens with one attached hydrogen (secondary N) is 1. The Balaban J connectivity index is 3.11. The molecule has 1 aromatic rings. The van der Waals surface area contributed by atoms with Crippen LogP contribution in [0.5, 0.6) is 0 Å². The third-order valence-electron chi connectivity index (χ3n) is 2.96. The first kappa shape index (κ1) is 19.4. The highest BCUT2D eigenvalue weighted by molar-refractivity contribution is 7.89. The Morgan fingerprint density at radius 2 is 1.96 bits per heavy atom. The van der Waals surface area contributed by atoms with E-state index >= 15 is 0 Å². The van der Waals surface area contributed by atoms with Gasteiger partial charge in [0.25, 0.3) is 0 Å². The van der Waals surface area contributed by atoms with Gasteiger partial charge in [-0.05, 0) is 30.5 Å². The molecule has 23 heavy (non-hydrogen) atoms. The van der Waals surface area contributed by atoms with Gasteiger partial charge in [-0.25, -0.2) is 13.2 Å². The summed E-state index contributed by atoms with van der Waals surface area (Å²) in [5, 5.41) is 9.02. The number of carboxylic acids is 1. The first-order chi connectivity index (χ1) is 10.6. The van der Waals surface area contributed by atoms with E-state index in [1.807, 2.05) is 0 Å². The van der Waals surface area contributed by atoms with Crippen LogP contribution in [0.1, 0.15) is 30.6 Å². The van der Waals surface area contributed by atoms with Gasteiger partial charge < -0.3 is 9.84 Å². The van der Waals surface area contributed by atoms with E-state index in [1.165, 1.54) is 13.2 Å². The molecule has 0 aliphatic heterocycles. The van der Waals surface area contributed by atoms with E-state index in [2.05, 4.69) is 9.46 Å². The van der Waals surface area contributed by atoms with Crippen LogP contribution in [0, 0.1) is 5.92 Å². The van der Waals surface area contributed by atoms with Crippen molar-refractivity contribution in [1.82, 2.24) is 4.72 Å². The lowest BCUT2D eigenvalue weighted by molar-refractivity contribution is -0.139. The summed E-state index contributed by atoms with van der Waals surface area (Å²) in [7, 11) is -2.91. The monoisotopic (exact) mass is 363 g/mol. The Labute approximate surface area is 139 Å². The lowest BCUT2D eigenvalue weighted by Crippen LogP contribution is -2.41. The van der Waals surface area contributed by atoms with E-state index < -0.39 is 28.0 Å². The summed E-state index contributed by atoms with van der Waals surface area (Å²) in [6.45, 7) is 3.57. The summed E-state index contributed by atoms with van der Waals surface area (Å²) < 4.78 is 31.2. The zero-order chi connectivity index (χ0) is 17.8. The minimum absolute atomic E-state index is 0.0101. The number of halogens is 1. The fourth-order valence-electron chi connectivity index (χ4n) is 1.86. The molecule has 1 atom stereocenters. The maximum Gasteiger partial charge on any atom is 0.339 e. The van der Waals surface area contributed by atoms with Crippen LogP contribution >= 0.6 is 11.6 Å². The lowest BCUT2D eigenvalue weighted by Gasteiger charge is -2.17. The van der Waals surface area contributed by atoms with Crippen molar-refractivity contribution in [1.29, 1.82) is 0 Å². The van der Waals surface area contributed by atoms with Crippen molar-refractivity contribution in [3.8, 4) is 0 Å². The summed E-state index contributed by atoms with van der Waals surface area (Å²) in [4.78, 5) is 22.4. The number of carboxylic acid groups (broad SMARTS) is 1. The Bertz CT molecular complexity index is 701. The molecule has 0 amide bonds. The molecule has 0 aliphatic carbocycles. The number of methoxy groups -OCH3 is 1. The van der Waals surface area contributed by atoms with E-state index in [0.29, 0.717) is 0 Å². The number of sulfonamides is 1. The van der Waals surface area contributed by atoms with E-state index in [9.17, 15) is 18.0 Å². The van der Waals surface area contributed by atoms with Gasteiger partial charge in [0, 0.05) is 0 Å². The molecule has 0 saturated carbocycles. The van der Waals surface area contributed by atoms with Crippen LogP contribution in [0.25, 0.3) is 0 Å².